The fraction of sp³-hybridized carbons (Fsp3) is 0.567. The molecule has 466 valence electrons. The van der Waals surface area contributed by atoms with Crippen molar-refractivity contribution in [3.05, 3.63) is 127 Å². The van der Waals surface area contributed by atoms with Gasteiger partial charge in [0.05, 0.1) is 34.5 Å². The zero-order chi connectivity index (χ0) is 62.8. The number of hydrogen-bond donors (Lipinski definition) is 1. The smallest absolute Gasteiger partial charge is 0.305 e. The van der Waals surface area contributed by atoms with Crippen molar-refractivity contribution in [3.63, 3.8) is 0 Å². The van der Waals surface area contributed by atoms with E-state index >= 15 is 0 Å². The lowest BCUT2D eigenvalue weighted by Crippen LogP contribution is -2.52. The van der Waals surface area contributed by atoms with E-state index < -0.39 is 132 Å². The maximum Gasteiger partial charge on any atom is 0.305 e. The number of aryl methyl sites for hydroxylation is 3. The molecule has 5 fully saturated rings. The lowest BCUT2D eigenvalue weighted by molar-refractivity contribution is -0.250. The van der Waals surface area contributed by atoms with Crippen LogP contribution in [0.1, 0.15) is 92.9 Å². The predicted molar refractivity (Wildman–Crippen MR) is 306 cm³/mol. The van der Waals surface area contributed by atoms with E-state index in [0.29, 0.717) is 0 Å². The largest absolute Gasteiger partial charge is 0.455 e. The second kappa shape index (κ2) is 26.3. The highest BCUT2D eigenvalue weighted by Crippen LogP contribution is 2.51. The second-order valence-corrected chi connectivity index (χ2v) is 27.7. The number of benzene rings is 3. The van der Waals surface area contributed by atoms with E-state index in [0.717, 1.165) is 16.7 Å². The molecule has 0 spiro atoms. The number of esters is 2. The molecule has 0 amide bonds. The first kappa shape index (κ1) is 68.3. The second-order valence-electron chi connectivity index (χ2n) is 22.9. The molecule has 0 aromatic heterocycles. The van der Waals surface area contributed by atoms with Gasteiger partial charge in [0.1, 0.15) is 35.1 Å². The lowest BCUT2D eigenvalue weighted by atomic mass is 9.78. The molecule has 8 rings (SSSR count). The predicted octanol–water partition coefficient (Wildman–Crippen LogP) is 8.28. The fourth-order valence-corrected chi connectivity index (χ4v) is 13.6. The summed E-state index contributed by atoms with van der Waals surface area (Å²) in [6, 6.07) is 19.1. The van der Waals surface area contributed by atoms with Crippen LogP contribution in [0, 0.1) is 50.4 Å². The van der Waals surface area contributed by atoms with Crippen LogP contribution >= 0.6 is 0 Å². The summed E-state index contributed by atoms with van der Waals surface area (Å²) in [5.74, 6) is -4.45. The van der Waals surface area contributed by atoms with Crippen LogP contribution in [0.3, 0.4) is 0 Å². The molecule has 1 N–H and O–H groups in total. The topological polar surface area (TPSA) is 268 Å². The molecule has 21 nitrogen and oxygen atoms in total. The summed E-state index contributed by atoms with van der Waals surface area (Å²) in [4.78, 5) is 23.3. The minimum Gasteiger partial charge on any atom is -0.455 e. The molecule has 0 saturated carbocycles. The summed E-state index contributed by atoms with van der Waals surface area (Å²) in [7, 11) is -12.0. The van der Waals surface area contributed by atoms with Gasteiger partial charge in [0.2, 0.25) is 6.29 Å². The number of aliphatic hydroxyl groups excluding tert-OH is 1. The van der Waals surface area contributed by atoms with Crippen LogP contribution < -0.4 is 0 Å². The van der Waals surface area contributed by atoms with Crippen LogP contribution in [0.15, 0.2) is 125 Å². The summed E-state index contributed by atoms with van der Waals surface area (Å²) in [5, 5.41) is 10.5. The molecule has 5 aliphatic rings. The molecular formula is C60H82O21S3. The van der Waals surface area contributed by atoms with Crippen molar-refractivity contribution in [2.24, 2.45) is 29.6 Å². The summed E-state index contributed by atoms with van der Waals surface area (Å²) in [5.41, 5.74) is -0.712. The number of carbonyl (C=O) groups excluding carboxylic acids is 2. The van der Waals surface area contributed by atoms with Gasteiger partial charge in [-0.2, -0.15) is 25.3 Å². The Labute approximate surface area is 495 Å². The Morgan fingerprint density at radius 3 is 1.15 bits per heavy atom. The zero-order valence-electron chi connectivity index (χ0n) is 50.2. The van der Waals surface area contributed by atoms with E-state index in [1.54, 1.807) is 76.2 Å². The third kappa shape index (κ3) is 15.0. The first-order valence-electron chi connectivity index (χ1n) is 27.5. The third-order valence-corrected chi connectivity index (χ3v) is 19.9. The number of fused-ring (bicyclic) bond motifs is 2. The van der Waals surface area contributed by atoms with Crippen LogP contribution in [-0.2, 0) is 95.1 Å². The summed E-state index contributed by atoms with van der Waals surface area (Å²) in [6.07, 6.45) is -0.726. The van der Waals surface area contributed by atoms with E-state index in [9.17, 15) is 39.9 Å². The van der Waals surface area contributed by atoms with Crippen LogP contribution in [0.4, 0.5) is 0 Å². The maximum absolute atomic E-state index is 12.7. The SMILES string of the molecule is C=C[C@H](C)[C@@]1(COS(=O)(=O)c2ccc(C)cc2)OC(OC(C)=O)[C@H](OC(C)=O)[C@@H]1C.C=C[C@H](C)[C@@]1(COS(=O)(=O)c2ccc(C)cc2)O[C@@H]2OC(C)(C)O[C@@H]2[C@@H]1C.C=C[C@H](O)[C@@]1(COS(=O)(=O)c2ccc(C)cc2)O[C@@H]2OC(C)(C)O[C@@H]2[C@@H]1C. The van der Waals surface area contributed by atoms with Gasteiger partial charge in [-0.25, -0.2) is 0 Å². The molecule has 15 atom stereocenters. The first-order valence-corrected chi connectivity index (χ1v) is 31.7. The van der Waals surface area contributed by atoms with Gasteiger partial charge in [-0.15, -0.1) is 19.7 Å². The highest BCUT2D eigenvalue weighted by molar-refractivity contribution is 7.87. The summed E-state index contributed by atoms with van der Waals surface area (Å²) >= 11 is 0. The maximum atomic E-state index is 12.7. The van der Waals surface area contributed by atoms with Crippen LogP contribution in [0.2, 0.25) is 0 Å². The summed E-state index contributed by atoms with van der Waals surface area (Å²) < 4.78 is 144. The number of hydrogen-bond acceptors (Lipinski definition) is 21. The molecule has 84 heavy (non-hydrogen) atoms. The Morgan fingerprint density at radius 2 is 0.833 bits per heavy atom. The lowest BCUT2D eigenvalue weighted by Gasteiger charge is -2.38. The third-order valence-electron chi connectivity index (χ3n) is 16.0. The Morgan fingerprint density at radius 1 is 0.512 bits per heavy atom. The Kier molecular flexibility index (Phi) is 21.4. The van der Waals surface area contributed by atoms with Gasteiger partial charge in [0, 0.05) is 43.4 Å². The number of carbonyl (C=O) groups is 2. The van der Waals surface area contributed by atoms with Crippen molar-refractivity contribution in [1.82, 2.24) is 0 Å². The Balaban J connectivity index is 0.000000202. The normalized spacial score (nSPS) is 31.3. The number of ether oxygens (including phenoxy) is 9. The van der Waals surface area contributed by atoms with E-state index in [4.69, 9.17) is 55.2 Å². The van der Waals surface area contributed by atoms with Gasteiger partial charge < -0.3 is 47.7 Å². The molecule has 0 radical (unpaired) electrons. The molecule has 0 aliphatic carbocycles. The Bertz CT molecular complexity index is 3030. The van der Waals surface area contributed by atoms with Gasteiger partial charge >= 0.3 is 11.9 Å². The van der Waals surface area contributed by atoms with E-state index in [1.807, 2.05) is 55.4 Å². The average molecular weight is 1240 g/mol. The van der Waals surface area contributed by atoms with Gasteiger partial charge in [-0.3, -0.25) is 22.1 Å². The van der Waals surface area contributed by atoms with Crippen LogP contribution in [0.25, 0.3) is 0 Å². The number of aliphatic hydroxyl groups is 1. The van der Waals surface area contributed by atoms with Crippen molar-refractivity contribution in [1.29, 1.82) is 0 Å². The van der Waals surface area contributed by atoms with Gasteiger partial charge in [0.15, 0.2) is 30.3 Å². The zero-order valence-corrected chi connectivity index (χ0v) is 52.6. The van der Waals surface area contributed by atoms with Crippen LogP contribution in [-0.4, -0.2) is 134 Å². The minimum atomic E-state index is -4.08. The van der Waals surface area contributed by atoms with Gasteiger partial charge in [-0.05, 0) is 84.9 Å². The molecule has 5 saturated heterocycles. The standard InChI is InChI=1S/C21H28O8S.C20H28O6S.C19H26O7S/c1-7-14(3)21(12-26-30(24,25)18-10-8-13(2)9-11-18)15(4)19(27-16(5)22)20(29-21)28-17(6)23;1-7-14(3)20(15(4)17-18(26-20)25-19(5,6)24-17)12-23-27(21,22)16-10-8-13(2)9-11-16;1-6-15(20)19(13(3)16-17(26-19)25-18(4,5)24-16)11-23-27(21,22)14-9-7-12(2)8-10-14/h7-11,14-15,19-20H,1,12H2,2-6H3;7-11,14-15,17-18H,1,12H2,2-6H3;6-10,13,15-17,20H,1,11H2,2-5H3/t14-,15-,19+,20?,21+;14-,15-,17+,18-,20+;13-,15-,16+,17-,19-/m000/s1. The molecule has 0 bridgehead atoms. The van der Waals surface area contributed by atoms with Crippen molar-refractivity contribution >= 4 is 42.3 Å². The van der Waals surface area contributed by atoms with Crippen LogP contribution in [0.5, 0.6) is 0 Å². The molecular weight excluding hydrogens is 1150 g/mol. The summed E-state index contributed by atoms with van der Waals surface area (Å²) in [6.45, 7) is 34.7. The average Bonchev–Trinajstić information content (AvgIpc) is 4.31. The van der Waals surface area contributed by atoms with Crippen molar-refractivity contribution in [3.8, 4) is 0 Å². The van der Waals surface area contributed by atoms with E-state index in [2.05, 4.69) is 19.7 Å². The van der Waals surface area contributed by atoms with Gasteiger partial charge in [0.25, 0.3) is 30.4 Å². The first-order chi connectivity index (χ1) is 38.9. The molecule has 24 heteroatoms. The molecule has 1 unspecified atom stereocenters. The molecule has 3 aromatic carbocycles. The fourth-order valence-electron chi connectivity index (χ4n) is 10.7. The number of rotatable bonds is 20. The van der Waals surface area contributed by atoms with E-state index in [-0.39, 0.29) is 45.8 Å². The minimum absolute atomic E-state index is 0.00762. The highest BCUT2D eigenvalue weighted by Gasteiger charge is 2.64. The van der Waals surface area contributed by atoms with Crippen molar-refractivity contribution in [2.75, 3.05) is 19.8 Å². The van der Waals surface area contributed by atoms with Gasteiger partial charge in [-0.1, -0.05) is 106 Å². The monoisotopic (exact) mass is 1230 g/mol. The van der Waals surface area contributed by atoms with Crippen molar-refractivity contribution in [2.45, 2.75) is 183 Å². The molecule has 3 aromatic rings. The van der Waals surface area contributed by atoms with E-state index in [1.165, 1.54) is 56.3 Å². The molecule has 5 aliphatic heterocycles. The highest BCUT2D eigenvalue weighted by atomic mass is 32.2. The van der Waals surface area contributed by atoms with Crippen molar-refractivity contribution < 1.29 is 95.1 Å². The quantitative estimate of drug-likeness (QED) is 0.0633. The Hall–Kier alpha value is -4.77. The molecule has 5 heterocycles.